The van der Waals surface area contributed by atoms with Crippen LogP contribution in [0, 0.1) is 6.92 Å². The Morgan fingerprint density at radius 2 is 2.07 bits per heavy atom. The summed E-state index contributed by atoms with van der Waals surface area (Å²) < 4.78 is 11.7. The van der Waals surface area contributed by atoms with Crippen molar-refractivity contribution in [2.45, 2.75) is 51.7 Å². The van der Waals surface area contributed by atoms with Crippen molar-refractivity contribution in [2.24, 2.45) is 4.99 Å². The number of nitrogens with one attached hydrogen (secondary N) is 2. The van der Waals surface area contributed by atoms with E-state index in [4.69, 9.17) is 9.47 Å². The second-order valence-corrected chi connectivity index (χ2v) is 8.30. The number of aromatic nitrogens is 1. The lowest BCUT2D eigenvalue weighted by molar-refractivity contribution is 0.200. The first-order chi connectivity index (χ1) is 13.7. The Kier molecular flexibility index (Phi) is 7.54. The Morgan fingerprint density at radius 1 is 1.25 bits per heavy atom. The van der Waals surface area contributed by atoms with Gasteiger partial charge in [0.1, 0.15) is 0 Å². The third-order valence-electron chi connectivity index (χ3n) is 4.81. The molecule has 0 bridgehead atoms. The number of aryl methyl sites for hydroxylation is 1. The minimum atomic E-state index is 0.322. The fraction of sp³-hybridized carbons (Fsp3) is 0.524. The number of nitrogens with zero attached hydrogens (tertiary/aromatic N) is 2. The van der Waals surface area contributed by atoms with Crippen molar-refractivity contribution >= 4 is 17.3 Å². The average molecular weight is 403 g/mol. The first kappa shape index (κ1) is 20.5. The molecule has 1 aliphatic carbocycles. The number of aliphatic imine (C=N–C) groups is 1. The van der Waals surface area contributed by atoms with Gasteiger partial charge in [-0.15, -0.1) is 11.3 Å². The molecule has 1 saturated carbocycles. The highest BCUT2D eigenvalue weighted by Crippen LogP contribution is 2.32. The van der Waals surface area contributed by atoms with Crippen LogP contribution in [0.3, 0.4) is 0 Å². The maximum Gasteiger partial charge on any atom is 0.191 e. The predicted molar refractivity (Wildman–Crippen MR) is 115 cm³/mol. The van der Waals surface area contributed by atoms with E-state index in [2.05, 4.69) is 33.6 Å². The summed E-state index contributed by atoms with van der Waals surface area (Å²) in [6.07, 6.45) is 7.90. The van der Waals surface area contributed by atoms with Crippen LogP contribution in [0.4, 0.5) is 0 Å². The van der Waals surface area contributed by atoms with Gasteiger partial charge in [0.25, 0.3) is 0 Å². The lowest BCUT2D eigenvalue weighted by Crippen LogP contribution is -2.37. The van der Waals surface area contributed by atoms with Crippen molar-refractivity contribution in [2.75, 3.05) is 20.7 Å². The van der Waals surface area contributed by atoms with Crippen molar-refractivity contribution in [3.05, 3.63) is 39.8 Å². The summed E-state index contributed by atoms with van der Waals surface area (Å²) in [5.41, 5.74) is 1.12. The first-order valence-corrected chi connectivity index (χ1v) is 10.7. The highest BCUT2D eigenvalue weighted by molar-refractivity contribution is 7.11. The number of rotatable bonds is 8. The van der Waals surface area contributed by atoms with Crippen LogP contribution in [0.25, 0.3) is 0 Å². The second kappa shape index (κ2) is 10.3. The molecule has 0 amide bonds. The van der Waals surface area contributed by atoms with Crippen LogP contribution in [0.15, 0.2) is 29.4 Å². The van der Waals surface area contributed by atoms with E-state index in [1.807, 2.05) is 18.3 Å². The van der Waals surface area contributed by atoms with Crippen molar-refractivity contribution in [3.8, 4) is 11.5 Å². The molecule has 2 aromatic rings. The monoisotopic (exact) mass is 402 g/mol. The van der Waals surface area contributed by atoms with Crippen molar-refractivity contribution in [3.63, 3.8) is 0 Å². The third-order valence-corrected chi connectivity index (χ3v) is 5.78. The summed E-state index contributed by atoms with van der Waals surface area (Å²) >= 11 is 1.74. The number of hydrogen-bond donors (Lipinski definition) is 2. The van der Waals surface area contributed by atoms with Crippen LogP contribution in [-0.4, -0.2) is 37.7 Å². The van der Waals surface area contributed by atoms with E-state index in [9.17, 15) is 0 Å². The van der Waals surface area contributed by atoms with Gasteiger partial charge in [-0.05, 0) is 50.3 Å². The molecule has 6 nitrogen and oxygen atoms in total. The molecule has 0 unspecified atom stereocenters. The highest BCUT2D eigenvalue weighted by atomic mass is 32.1. The zero-order valence-corrected chi connectivity index (χ0v) is 17.8. The molecule has 1 aromatic carbocycles. The zero-order chi connectivity index (χ0) is 19.8. The number of methoxy groups -OCH3 is 1. The fourth-order valence-electron chi connectivity index (χ4n) is 3.32. The maximum absolute atomic E-state index is 6.11. The van der Waals surface area contributed by atoms with E-state index in [0.717, 1.165) is 53.8 Å². The third kappa shape index (κ3) is 5.86. The van der Waals surface area contributed by atoms with Gasteiger partial charge in [-0.3, -0.25) is 4.99 Å². The minimum Gasteiger partial charge on any atom is -0.493 e. The van der Waals surface area contributed by atoms with E-state index < -0.39 is 0 Å². The molecule has 0 saturated heterocycles. The average Bonchev–Trinajstić information content (AvgIpc) is 3.37. The van der Waals surface area contributed by atoms with Crippen LogP contribution in [0.5, 0.6) is 11.5 Å². The molecular formula is C21H30N4O2S. The summed E-state index contributed by atoms with van der Waals surface area (Å²) in [4.78, 5) is 9.92. The van der Waals surface area contributed by atoms with E-state index in [-0.39, 0.29) is 0 Å². The van der Waals surface area contributed by atoms with E-state index in [1.54, 1.807) is 25.5 Å². The molecule has 152 valence electrons. The van der Waals surface area contributed by atoms with Crippen LogP contribution in [0.2, 0.25) is 0 Å². The summed E-state index contributed by atoms with van der Waals surface area (Å²) in [7, 11) is 3.47. The van der Waals surface area contributed by atoms with Crippen molar-refractivity contribution in [1.82, 2.24) is 15.6 Å². The van der Waals surface area contributed by atoms with Gasteiger partial charge in [-0.25, -0.2) is 4.98 Å². The van der Waals surface area contributed by atoms with Gasteiger partial charge in [-0.2, -0.15) is 0 Å². The summed E-state index contributed by atoms with van der Waals surface area (Å²) in [6, 6.07) is 6.11. The smallest absolute Gasteiger partial charge is 0.191 e. The van der Waals surface area contributed by atoms with Crippen LogP contribution in [-0.2, 0) is 13.0 Å². The lowest BCUT2D eigenvalue weighted by Gasteiger charge is -2.17. The number of ether oxygens (including phenoxy) is 2. The number of thiazole rings is 1. The molecule has 0 atom stereocenters. The number of hydrogen-bond acceptors (Lipinski definition) is 5. The van der Waals surface area contributed by atoms with Crippen LogP contribution < -0.4 is 20.1 Å². The van der Waals surface area contributed by atoms with Gasteiger partial charge in [0, 0.05) is 37.6 Å². The Bertz CT molecular complexity index is 784. The Hall–Kier alpha value is -2.28. The standard InChI is InChI=1S/C21H30N4O2S/c1-15-13-24-20(28-15)10-11-23-21(22-2)25-14-16-8-9-18(19(12-16)26-3)27-17-6-4-5-7-17/h8-9,12-13,17H,4-7,10-11,14H2,1-3H3,(H2,22,23,25). The molecule has 3 rings (SSSR count). The lowest BCUT2D eigenvalue weighted by atomic mass is 10.2. The molecule has 0 aliphatic heterocycles. The largest absolute Gasteiger partial charge is 0.493 e. The van der Waals surface area contributed by atoms with E-state index >= 15 is 0 Å². The molecule has 28 heavy (non-hydrogen) atoms. The first-order valence-electron chi connectivity index (χ1n) is 9.87. The van der Waals surface area contributed by atoms with E-state index in [0.29, 0.717) is 12.6 Å². The topological polar surface area (TPSA) is 67.8 Å². The number of guanidine groups is 1. The maximum atomic E-state index is 6.11. The van der Waals surface area contributed by atoms with Gasteiger partial charge in [0.15, 0.2) is 17.5 Å². The summed E-state index contributed by atoms with van der Waals surface area (Å²) in [6.45, 7) is 3.54. The van der Waals surface area contributed by atoms with Crippen LogP contribution in [0.1, 0.15) is 41.1 Å². The molecule has 1 fully saturated rings. The van der Waals surface area contributed by atoms with Gasteiger partial charge in [0.2, 0.25) is 0 Å². The predicted octanol–water partition coefficient (Wildman–Crippen LogP) is 3.69. The van der Waals surface area contributed by atoms with Crippen molar-refractivity contribution < 1.29 is 9.47 Å². The molecule has 0 spiro atoms. The molecule has 1 heterocycles. The molecule has 1 aliphatic rings. The normalized spacial score (nSPS) is 14.9. The Balaban J connectivity index is 1.49. The molecule has 1 aromatic heterocycles. The second-order valence-electron chi connectivity index (χ2n) is 6.98. The SMILES string of the molecule is CN=C(NCCc1ncc(C)s1)NCc1ccc(OC2CCCC2)c(OC)c1. The van der Waals surface area contributed by atoms with Crippen molar-refractivity contribution in [1.29, 1.82) is 0 Å². The molecule has 2 N–H and O–H groups in total. The zero-order valence-electron chi connectivity index (χ0n) is 17.0. The Morgan fingerprint density at radius 3 is 2.75 bits per heavy atom. The quantitative estimate of drug-likeness (QED) is 0.521. The fourth-order valence-corrected chi connectivity index (χ4v) is 4.10. The molecule has 0 radical (unpaired) electrons. The van der Waals surface area contributed by atoms with Gasteiger partial charge < -0.3 is 20.1 Å². The minimum absolute atomic E-state index is 0.322. The van der Waals surface area contributed by atoms with Crippen LogP contribution >= 0.6 is 11.3 Å². The van der Waals surface area contributed by atoms with Gasteiger partial charge >= 0.3 is 0 Å². The van der Waals surface area contributed by atoms with Gasteiger partial charge in [0.05, 0.1) is 18.2 Å². The molecule has 7 heteroatoms. The molecular weight excluding hydrogens is 372 g/mol. The highest BCUT2D eigenvalue weighted by Gasteiger charge is 2.18. The summed E-state index contributed by atoms with van der Waals surface area (Å²) in [5.74, 6) is 2.39. The number of benzene rings is 1. The van der Waals surface area contributed by atoms with Gasteiger partial charge in [-0.1, -0.05) is 6.07 Å². The Labute approximate surface area is 171 Å². The summed E-state index contributed by atoms with van der Waals surface area (Å²) in [5, 5.41) is 7.82. The van der Waals surface area contributed by atoms with E-state index in [1.165, 1.54) is 17.7 Å².